The van der Waals surface area contributed by atoms with Gasteiger partial charge in [-0.25, -0.2) is 9.18 Å². The van der Waals surface area contributed by atoms with Gasteiger partial charge in [0.2, 0.25) is 0 Å². The summed E-state index contributed by atoms with van der Waals surface area (Å²) in [5.74, 6) is -3.31. The molecule has 8 heteroatoms. The summed E-state index contributed by atoms with van der Waals surface area (Å²) in [7, 11) is 0. The molecule has 118 valence electrons. The highest BCUT2D eigenvalue weighted by Crippen LogP contribution is 2.06. The number of nitrogens with one attached hydrogen (secondary N) is 1. The molecule has 0 spiro atoms. The van der Waals surface area contributed by atoms with Crippen LogP contribution in [-0.4, -0.2) is 53.6 Å². The van der Waals surface area contributed by atoms with Crippen molar-refractivity contribution in [3.8, 4) is 0 Å². The number of aliphatic carboxylic acids is 1. The van der Waals surface area contributed by atoms with E-state index in [4.69, 9.17) is 9.84 Å². The average Bonchev–Trinajstić information content (AvgIpc) is 2.52. The number of carbonyl (C=O) groups excluding carboxylic acids is 2. The molecule has 2 rings (SSSR count). The minimum absolute atomic E-state index is 0.00896. The molecule has 1 aliphatic rings. The predicted molar refractivity (Wildman–Crippen MR) is 72.2 cm³/mol. The third-order valence-electron chi connectivity index (χ3n) is 3.17. The van der Waals surface area contributed by atoms with E-state index in [1.807, 2.05) is 0 Å². The Bertz CT molecular complexity index is 592. The Kier molecular flexibility index (Phi) is 5.05. The van der Waals surface area contributed by atoms with Crippen LogP contribution in [0.15, 0.2) is 24.3 Å². The summed E-state index contributed by atoms with van der Waals surface area (Å²) >= 11 is 0. The number of benzene rings is 1. The van der Waals surface area contributed by atoms with Gasteiger partial charge in [0.25, 0.3) is 0 Å². The van der Waals surface area contributed by atoms with Gasteiger partial charge in [0, 0.05) is 13.1 Å². The van der Waals surface area contributed by atoms with Crippen LogP contribution in [0.5, 0.6) is 0 Å². The Morgan fingerprint density at radius 2 is 2.18 bits per heavy atom. The molecular weight excluding hydrogens is 295 g/mol. The molecule has 22 heavy (non-hydrogen) atoms. The van der Waals surface area contributed by atoms with Crippen molar-refractivity contribution in [3.63, 3.8) is 0 Å². The molecule has 0 radical (unpaired) electrons. The fourth-order valence-corrected chi connectivity index (χ4v) is 2.03. The number of carboxylic acids is 1. The van der Waals surface area contributed by atoms with Crippen molar-refractivity contribution in [1.29, 1.82) is 0 Å². The summed E-state index contributed by atoms with van der Waals surface area (Å²) in [5.41, 5.74) is 0.520. The number of carboxylic acid groups (broad SMARTS) is 1. The quantitative estimate of drug-likeness (QED) is 0.751. The third-order valence-corrected chi connectivity index (χ3v) is 3.17. The highest BCUT2D eigenvalue weighted by atomic mass is 19.1. The fraction of sp³-hybridized carbons (Fsp3) is 0.357. The molecule has 1 aromatic carbocycles. The number of ether oxygens (including phenoxy) is 1. The van der Waals surface area contributed by atoms with Gasteiger partial charge >= 0.3 is 17.8 Å². The van der Waals surface area contributed by atoms with Crippen molar-refractivity contribution >= 4 is 17.8 Å². The fourth-order valence-electron chi connectivity index (χ4n) is 2.03. The molecular formula is C14H15FN2O5. The molecule has 0 bridgehead atoms. The van der Waals surface area contributed by atoms with Crippen LogP contribution < -0.4 is 5.32 Å². The summed E-state index contributed by atoms with van der Waals surface area (Å²) in [6.07, 6.45) is -1.13. The maximum Gasteiger partial charge on any atom is 0.334 e. The zero-order valence-electron chi connectivity index (χ0n) is 11.6. The molecule has 0 aromatic heterocycles. The maximum atomic E-state index is 13.0. The lowest BCUT2D eigenvalue weighted by molar-refractivity contribution is -0.162. The van der Waals surface area contributed by atoms with Crippen LogP contribution in [-0.2, 0) is 25.7 Å². The highest BCUT2D eigenvalue weighted by Gasteiger charge is 2.31. The van der Waals surface area contributed by atoms with Crippen molar-refractivity contribution in [3.05, 3.63) is 35.6 Å². The van der Waals surface area contributed by atoms with Gasteiger partial charge in [-0.2, -0.15) is 0 Å². The summed E-state index contributed by atoms with van der Waals surface area (Å²) in [4.78, 5) is 35.7. The van der Waals surface area contributed by atoms with E-state index in [9.17, 15) is 18.8 Å². The maximum absolute atomic E-state index is 13.0. The minimum Gasteiger partial charge on any atom is -0.479 e. The van der Waals surface area contributed by atoms with Crippen LogP contribution in [0.3, 0.4) is 0 Å². The van der Waals surface area contributed by atoms with Crippen molar-refractivity contribution in [2.75, 3.05) is 19.7 Å². The van der Waals surface area contributed by atoms with E-state index in [0.717, 1.165) is 4.90 Å². The monoisotopic (exact) mass is 310 g/mol. The zero-order chi connectivity index (χ0) is 16.1. The van der Waals surface area contributed by atoms with Crippen LogP contribution in [0.2, 0.25) is 0 Å². The molecule has 7 nitrogen and oxygen atoms in total. The van der Waals surface area contributed by atoms with Gasteiger partial charge in [0.15, 0.2) is 6.10 Å². The number of rotatable bonds is 3. The Morgan fingerprint density at radius 1 is 1.41 bits per heavy atom. The van der Waals surface area contributed by atoms with Crippen molar-refractivity contribution in [2.45, 2.75) is 12.6 Å². The standard InChI is InChI=1S/C14H15FN2O5/c15-10-3-1-2-9(6-10)7-16-12(18)13(19)17-4-5-22-11(8-17)14(20)21/h1-3,6,11H,4-5,7-8H2,(H,16,18)(H,20,21). The van der Waals surface area contributed by atoms with Crippen molar-refractivity contribution in [2.24, 2.45) is 0 Å². The van der Waals surface area contributed by atoms with Crippen LogP contribution in [0.4, 0.5) is 4.39 Å². The Labute approximate surface area is 125 Å². The first kappa shape index (κ1) is 15.9. The lowest BCUT2D eigenvalue weighted by Gasteiger charge is -2.30. The van der Waals surface area contributed by atoms with Crippen LogP contribution >= 0.6 is 0 Å². The van der Waals surface area contributed by atoms with E-state index < -0.39 is 29.7 Å². The number of carbonyl (C=O) groups is 3. The molecule has 1 heterocycles. The van der Waals surface area contributed by atoms with Crippen LogP contribution in [0.25, 0.3) is 0 Å². The zero-order valence-corrected chi connectivity index (χ0v) is 11.6. The summed E-state index contributed by atoms with van der Waals surface area (Å²) in [6.45, 7) is 0.0342. The molecule has 2 amide bonds. The minimum atomic E-state index is -1.18. The van der Waals surface area contributed by atoms with E-state index in [-0.39, 0.29) is 26.2 Å². The second-order valence-electron chi connectivity index (χ2n) is 4.76. The van der Waals surface area contributed by atoms with Gasteiger partial charge in [-0.3, -0.25) is 9.59 Å². The predicted octanol–water partition coefficient (Wildman–Crippen LogP) is -0.246. The number of morpholine rings is 1. The third kappa shape index (κ3) is 4.01. The molecule has 1 aliphatic heterocycles. The molecule has 1 atom stereocenters. The first-order valence-electron chi connectivity index (χ1n) is 6.63. The highest BCUT2D eigenvalue weighted by molar-refractivity contribution is 6.35. The van der Waals surface area contributed by atoms with Gasteiger partial charge in [-0.1, -0.05) is 12.1 Å². The molecule has 1 unspecified atom stereocenters. The summed E-state index contributed by atoms with van der Waals surface area (Å²) in [6, 6.07) is 5.64. The van der Waals surface area contributed by atoms with Gasteiger partial charge in [-0.05, 0) is 17.7 Å². The van der Waals surface area contributed by atoms with Crippen LogP contribution in [0, 0.1) is 5.82 Å². The first-order valence-corrected chi connectivity index (χ1v) is 6.63. The van der Waals surface area contributed by atoms with E-state index >= 15 is 0 Å². The number of halogens is 1. The second-order valence-corrected chi connectivity index (χ2v) is 4.76. The van der Waals surface area contributed by atoms with E-state index in [0.29, 0.717) is 5.56 Å². The number of nitrogens with zero attached hydrogens (tertiary/aromatic N) is 1. The van der Waals surface area contributed by atoms with Gasteiger partial charge in [0.05, 0.1) is 13.2 Å². The number of hydrogen-bond acceptors (Lipinski definition) is 4. The summed E-state index contributed by atoms with van der Waals surface area (Å²) in [5, 5.41) is 11.2. The van der Waals surface area contributed by atoms with Crippen molar-refractivity contribution in [1.82, 2.24) is 10.2 Å². The van der Waals surface area contributed by atoms with E-state index in [1.165, 1.54) is 18.2 Å². The molecule has 1 saturated heterocycles. The Balaban J connectivity index is 1.89. The number of hydrogen-bond donors (Lipinski definition) is 2. The van der Waals surface area contributed by atoms with Gasteiger partial charge in [-0.15, -0.1) is 0 Å². The molecule has 0 saturated carbocycles. The smallest absolute Gasteiger partial charge is 0.334 e. The molecule has 0 aliphatic carbocycles. The normalized spacial score (nSPS) is 17.9. The lowest BCUT2D eigenvalue weighted by atomic mass is 10.2. The SMILES string of the molecule is O=C(NCc1cccc(F)c1)C(=O)N1CCOC(C(=O)O)C1. The molecule has 1 fully saturated rings. The van der Waals surface area contributed by atoms with Crippen LogP contribution in [0.1, 0.15) is 5.56 Å². The first-order chi connectivity index (χ1) is 10.5. The molecule has 2 N–H and O–H groups in total. The summed E-state index contributed by atoms with van der Waals surface area (Å²) < 4.78 is 18.0. The second kappa shape index (κ2) is 6.99. The molecule has 1 aromatic rings. The van der Waals surface area contributed by atoms with Crippen molar-refractivity contribution < 1.29 is 28.6 Å². The topological polar surface area (TPSA) is 95.9 Å². The average molecular weight is 310 g/mol. The Hall–Kier alpha value is -2.48. The van der Waals surface area contributed by atoms with Gasteiger partial charge in [0.1, 0.15) is 5.82 Å². The number of amides is 2. The van der Waals surface area contributed by atoms with E-state index in [1.54, 1.807) is 6.07 Å². The van der Waals surface area contributed by atoms with E-state index in [2.05, 4.69) is 5.32 Å². The van der Waals surface area contributed by atoms with Gasteiger partial charge < -0.3 is 20.1 Å². The largest absolute Gasteiger partial charge is 0.479 e. The Morgan fingerprint density at radius 3 is 2.86 bits per heavy atom. The lowest BCUT2D eigenvalue weighted by Crippen LogP contribution is -2.52.